The van der Waals surface area contributed by atoms with Gasteiger partial charge in [0.2, 0.25) is 0 Å². The molecule has 1 heterocycles. The minimum atomic E-state index is 0.532. The fraction of sp³-hybridized carbons (Fsp3) is 0.818. The molecule has 0 bridgehead atoms. The van der Waals surface area contributed by atoms with Gasteiger partial charge in [-0.1, -0.05) is 38.5 Å². The molecule has 0 spiro atoms. The summed E-state index contributed by atoms with van der Waals surface area (Å²) in [7, 11) is 1.98. The van der Waals surface area contributed by atoms with Crippen molar-refractivity contribution in [1.29, 1.82) is 0 Å². The zero-order valence-corrected chi connectivity index (χ0v) is 11.3. The van der Waals surface area contributed by atoms with E-state index in [0.717, 1.165) is 18.2 Å². The molecule has 16 heavy (non-hydrogen) atoms. The fourth-order valence-electron chi connectivity index (χ4n) is 1.41. The van der Waals surface area contributed by atoms with Crippen molar-refractivity contribution in [2.45, 2.75) is 43.5 Å². The normalized spacial score (nSPS) is 12.9. The number of unbranched alkanes of at least 4 members (excludes halogenated alkanes) is 2. The molecule has 0 radical (unpaired) electrons. The van der Waals surface area contributed by atoms with Crippen LogP contribution < -0.4 is 5.32 Å². The first kappa shape index (κ1) is 13.5. The maximum Gasteiger partial charge on any atom is 0.191 e. The van der Waals surface area contributed by atoms with Crippen LogP contribution in [0.15, 0.2) is 11.5 Å². The monoisotopic (exact) mass is 242 g/mol. The van der Waals surface area contributed by atoms with Crippen molar-refractivity contribution in [1.82, 2.24) is 20.1 Å². The number of aryl methyl sites for hydroxylation is 1. The van der Waals surface area contributed by atoms with E-state index in [-0.39, 0.29) is 0 Å². The average molecular weight is 242 g/mol. The highest BCUT2D eigenvalue weighted by Crippen LogP contribution is 2.18. The van der Waals surface area contributed by atoms with Crippen molar-refractivity contribution in [3.63, 3.8) is 0 Å². The van der Waals surface area contributed by atoms with E-state index in [2.05, 4.69) is 29.4 Å². The van der Waals surface area contributed by atoms with Gasteiger partial charge in [-0.05, 0) is 13.0 Å². The van der Waals surface area contributed by atoms with Gasteiger partial charge < -0.3 is 9.88 Å². The maximum absolute atomic E-state index is 4.06. The second kappa shape index (κ2) is 7.68. The van der Waals surface area contributed by atoms with Gasteiger partial charge in [-0.25, -0.2) is 0 Å². The molecular formula is C11H22N4S. The van der Waals surface area contributed by atoms with Crippen LogP contribution in [0.2, 0.25) is 0 Å². The van der Waals surface area contributed by atoms with Crippen molar-refractivity contribution in [3.8, 4) is 0 Å². The standard InChI is InChI=1S/C11H22N4S/c1-4-5-6-7-12-8-10(2)16-11-14-13-9-15(11)3/h9-10,12H,4-8H2,1-3H3. The molecule has 0 amide bonds. The van der Waals surface area contributed by atoms with E-state index in [1.54, 1.807) is 18.1 Å². The van der Waals surface area contributed by atoms with E-state index in [9.17, 15) is 0 Å². The molecule has 0 fully saturated rings. The average Bonchev–Trinajstić information content (AvgIpc) is 2.64. The predicted molar refractivity (Wildman–Crippen MR) is 68.7 cm³/mol. The number of hydrogen-bond donors (Lipinski definition) is 1. The van der Waals surface area contributed by atoms with Crippen molar-refractivity contribution < 1.29 is 0 Å². The number of thioether (sulfide) groups is 1. The summed E-state index contributed by atoms with van der Waals surface area (Å²) in [5.74, 6) is 0. The van der Waals surface area contributed by atoms with Crippen LogP contribution in [0.3, 0.4) is 0 Å². The summed E-state index contributed by atoms with van der Waals surface area (Å²) in [5.41, 5.74) is 0. The van der Waals surface area contributed by atoms with Crippen molar-refractivity contribution >= 4 is 11.8 Å². The lowest BCUT2D eigenvalue weighted by Crippen LogP contribution is -2.24. The molecule has 1 rings (SSSR count). The molecule has 1 N–H and O–H groups in total. The molecule has 0 saturated carbocycles. The molecular weight excluding hydrogens is 220 g/mol. The molecule has 4 nitrogen and oxygen atoms in total. The minimum Gasteiger partial charge on any atom is -0.316 e. The lowest BCUT2D eigenvalue weighted by molar-refractivity contribution is 0.614. The van der Waals surface area contributed by atoms with E-state index < -0.39 is 0 Å². The first-order chi connectivity index (χ1) is 7.74. The van der Waals surface area contributed by atoms with E-state index in [4.69, 9.17) is 0 Å². The molecule has 0 aromatic carbocycles. The van der Waals surface area contributed by atoms with Crippen LogP contribution in [0.5, 0.6) is 0 Å². The van der Waals surface area contributed by atoms with Crippen molar-refractivity contribution in [2.75, 3.05) is 13.1 Å². The first-order valence-corrected chi connectivity index (χ1v) is 6.83. The van der Waals surface area contributed by atoms with E-state index >= 15 is 0 Å². The number of nitrogens with zero attached hydrogens (tertiary/aromatic N) is 3. The van der Waals surface area contributed by atoms with Gasteiger partial charge in [0.1, 0.15) is 6.33 Å². The highest BCUT2D eigenvalue weighted by Gasteiger charge is 2.07. The summed E-state index contributed by atoms with van der Waals surface area (Å²) in [6.45, 7) is 6.59. The fourth-order valence-corrected chi connectivity index (χ4v) is 2.28. The lowest BCUT2D eigenvalue weighted by Gasteiger charge is -2.11. The summed E-state index contributed by atoms with van der Waals surface area (Å²) >= 11 is 1.77. The molecule has 1 atom stereocenters. The Morgan fingerprint density at radius 2 is 2.31 bits per heavy atom. The highest BCUT2D eigenvalue weighted by molar-refractivity contribution is 7.99. The molecule has 0 aliphatic carbocycles. The van der Waals surface area contributed by atoms with Crippen LogP contribution in [0.1, 0.15) is 33.1 Å². The Morgan fingerprint density at radius 3 is 2.94 bits per heavy atom. The van der Waals surface area contributed by atoms with Crippen LogP contribution in [-0.2, 0) is 7.05 Å². The van der Waals surface area contributed by atoms with Gasteiger partial charge in [-0.3, -0.25) is 0 Å². The molecule has 0 saturated heterocycles. The smallest absolute Gasteiger partial charge is 0.191 e. The third-order valence-corrected chi connectivity index (χ3v) is 3.51. The summed E-state index contributed by atoms with van der Waals surface area (Å²) < 4.78 is 1.96. The van der Waals surface area contributed by atoms with Gasteiger partial charge in [0.05, 0.1) is 0 Å². The Balaban J connectivity index is 2.11. The number of nitrogens with one attached hydrogen (secondary N) is 1. The topological polar surface area (TPSA) is 42.7 Å². The third-order valence-electron chi connectivity index (χ3n) is 2.37. The Hall–Kier alpha value is -0.550. The second-order valence-corrected chi connectivity index (χ2v) is 5.47. The zero-order chi connectivity index (χ0) is 11.8. The molecule has 1 aromatic rings. The number of rotatable bonds is 8. The molecule has 1 unspecified atom stereocenters. The summed E-state index contributed by atoms with van der Waals surface area (Å²) in [4.78, 5) is 0. The molecule has 0 aliphatic heterocycles. The number of aromatic nitrogens is 3. The lowest BCUT2D eigenvalue weighted by atomic mass is 10.2. The maximum atomic E-state index is 4.06. The molecule has 1 aromatic heterocycles. The molecule has 0 aliphatic rings. The van der Waals surface area contributed by atoms with Crippen LogP contribution >= 0.6 is 11.8 Å². The van der Waals surface area contributed by atoms with Crippen LogP contribution in [0.25, 0.3) is 0 Å². The predicted octanol–water partition coefficient (Wildman–Crippen LogP) is 2.08. The number of hydrogen-bond acceptors (Lipinski definition) is 4. The Bertz CT molecular complexity index is 287. The van der Waals surface area contributed by atoms with E-state index in [0.29, 0.717) is 5.25 Å². The van der Waals surface area contributed by atoms with Crippen molar-refractivity contribution in [3.05, 3.63) is 6.33 Å². The quantitative estimate of drug-likeness (QED) is 0.560. The first-order valence-electron chi connectivity index (χ1n) is 5.95. The summed E-state index contributed by atoms with van der Waals surface area (Å²) in [6.07, 6.45) is 5.62. The van der Waals surface area contributed by atoms with Crippen molar-refractivity contribution in [2.24, 2.45) is 7.05 Å². The Labute approximate surface area is 102 Å². The largest absolute Gasteiger partial charge is 0.316 e. The molecule has 5 heteroatoms. The van der Waals surface area contributed by atoms with E-state index in [1.165, 1.54) is 19.3 Å². The van der Waals surface area contributed by atoms with E-state index in [1.807, 2.05) is 11.6 Å². The van der Waals surface area contributed by atoms with Gasteiger partial charge in [0, 0.05) is 18.8 Å². The van der Waals surface area contributed by atoms with Crippen LogP contribution in [0, 0.1) is 0 Å². The summed E-state index contributed by atoms with van der Waals surface area (Å²) in [6, 6.07) is 0. The van der Waals surface area contributed by atoms with Crippen LogP contribution in [0.4, 0.5) is 0 Å². The van der Waals surface area contributed by atoms with Gasteiger partial charge in [-0.2, -0.15) is 0 Å². The Morgan fingerprint density at radius 1 is 1.50 bits per heavy atom. The highest BCUT2D eigenvalue weighted by atomic mass is 32.2. The van der Waals surface area contributed by atoms with Gasteiger partial charge >= 0.3 is 0 Å². The zero-order valence-electron chi connectivity index (χ0n) is 10.4. The molecule has 92 valence electrons. The minimum absolute atomic E-state index is 0.532. The van der Waals surface area contributed by atoms with Crippen LogP contribution in [-0.4, -0.2) is 33.1 Å². The van der Waals surface area contributed by atoms with Gasteiger partial charge in [-0.15, -0.1) is 10.2 Å². The SMILES string of the molecule is CCCCCNCC(C)Sc1nncn1C. The summed E-state index contributed by atoms with van der Waals surface area (Å²) in [5, 5.41) is 12.9. The van der Waals surface area contributed by atoms with Gasteiger partial charge in [0.25, 0.3) is 0 Å². The third kappa shape index (κ3) is 4.99. The Kier molecular flexibility index (Phi) is 6.49. The van der Waals surface area contributed by atoms with Gasteiger partial charge in [0.15, 0.2) is 5.16 Å². The second-order valence-electron chi connectivity index (χ2n) is 4.06.